The van der Waals surface area contributed by atoms with Crippen LogP contribution in [0, 0.1) is 5.92 Å². The van der Waals surface area contributed by atoms with Crippen LogP contribution in [-0.2, 0) is 20.0 Å². The van der Waals surface area contributed by atoms with Gasteiger partial charge in [-0.2, -0.15) is 5.10 Å². The normalized spacial score (nSPS) is 17.6. The van der Waals surface area contributed by atoms with Gasteiger partial charge in [0.05, 0.1) is 24.5 Å². The molecule has 1 aliphatic rings. The van der Waals surface area contributed by atoms with Crippen LogP contribution in [0.1, 0.15) is 43.9 Å². The van der Waals surface area contributed by atoms with Crippen LogP contribution in [0.3, 0.4) is 0 Å². The third-order valence-electron chi connectivity index (χ3n) is 4.30. The van der Waals surface area contributed by atoms with Crippen LogP contribution in [0.5, 0.6) is 5.88 Å². The number of hydrogen-bond donors (Lipinski definition) is 2. The first-order chi connectivity index (χ1) is 9.67. The highest BCUT2D eigenvalue weighted by Crippen LogP contribution is 2.27. The predicted molar refractivity (Wildman–Crippen MR) is 78.8 cm³/mol. The standard InChI is InChI=1S/C15H27N3O2/c1-4-13-12(15(20-3)18(2)17-13)9-16-10-14(19)11-7-5-6-8-11/h11,14,16,19H,4-10H2,1-3H3. The Morgan fingerprint density at radius 1 is 1.45 bits per heavy atom. The molecule has 0 radical (unpaired) electrons. The van der Waals surface area contributed by atoms with Gasteiger partial charge in [0.15, 0.2) is 0 Å². The third kappa shape index (κ3) is 3.33. The van der Waals surface area contributed by atoms with Crippen molar-refractivity contribution in [3.05, 3.63) is 11.3 Å². The maximum Gasteiger partial charge on any atom is 0.216 e. The Labute approximate surface area is 121 Å². The van der Waals surface area contributed by atoms with E-state index in [0.717, 1.165) is 23.6 Å². The molecule has 0 amide bonds. The van der Waals surface area contributed by atoms with Crippen molar-refractivity contribution in [1.29, 1.82) is 0 Å². The first-order valence-electron chi connectivity index (χ1n) is 7.64. The predicted octanol–water partition coefficient (Wildman–Crippen LogP) is 1.63. The lowest BCUT2D eigenvalue weighted by Crippen LogP contribution is -2.31. The smallest absolute Gasteiger partial charge is 0.216 e. The van der Waals surface area contributed by atoms with Crippen LogP contribution in [-0.4, -0.2) is 34.6 Å². The molecule has 1 heterocycles. The van der Waals surface area contributed by atoms with Crippen LogP contribution in [0.15, 0.2) is 0 Å². The summed E-state index contributed by atoms with van der Waals surface area (Å²) in [7, 11) is 3.57. The number of rotatable bonds is 7. The summed E-state index contributed by atoms with van der Waals surface area (Å²) in [4.78, 5) is 0. The molecular formula is C15H27N3O2. The van der Waals surface area contributed by atoms with E-state index >= 15 is 0 Å². The number of aromatic nitrogens is 2. The minimum absolute atomic E-state index is 0.231. The largest absolute Gasteiger partial charge is 0.481 e. The second kappa shape index (κ2) is 7.09. The van der Waals surface area contributed by atoms with E-state index in [1.54, 1.807) is 11.8 Å². The van der Waals surface area contributed by atoms with E-state index in [2.05, 4.69) is 17.3 Å². The molecule has 5 heteroatoms. The maximum atomic E-state index is 10.2. The quantitative estimate of drug-likeness (QED) is 0.797. The summed E-state index contributed by atoms with van der Waals surface area (Å²) < 4.78 is 7.19. The molecule has 2 rings (SSSR count). The average molecular weight is 281 g/mol. The summed E-state index contributed by atoms with van der Waals surface area (Å²) >= 11 is 0. The molecule has 1 atom stereocenters. The molecule has 0 bridgehead atoms. The van der Waals surface area contributed by atoms with E-state index in [0.29, 0.717) is 19.0 Å². The summed E-state index contributed by atoms with van der Waals surface area (Å²) in [6, 6.07) is 0. The van der Waals surface area contributed by atoms with Crippen molar-refractivity contribution in [1.82, 2.24) is 15.1 Å². The Hall–Kier alpha value is -1.07. The van der Waals surface area contributed by atoms with Crippen molar-refractivity contribution < 1.29 is 9.84 Å². The monoisotopic (exact) mass is 281 g/mol. The van der Waals surface area contributed by atoms with Gasteiger partial charge in [-0.3, -0.25) is 0 Å². The fourth-order valence-electron chi connectivity index (χ4n) is 3.18. The molecule has 0 aromatic carbocycles. The zero-order valence-corrected chi connectivity index (χ0v) is 12.9. The lowest BCUT2D eigenvalue weighted by molar-refractivity contribution is 0.109. The van der Waals surface area contributed by atoms with Crippen LogP contribution in [0.4, 0.5) is 0 Å². The molecule has 0 spiro atoms. The Kier molecular flexibility index (Phi) is 5.43. The topological polar surface area (TPSA) is 59.3 Å². The van der Waals surface area contributed by atoms with E-state index in [4.69, 9.17) is 4.74 Å². The van der Waals surface area contributed by atoms with Crippen LogP contribution >= 0.6 is 0 Å². The molecule has 1 fully saturated rings. The van der Waals surface area contributed by atoms with Gasteiger partial charge in [-0.25, -0.2) is 4.68 Å². The number of methoxy groups -OCH3 is 1. The van der Waals surface area contributed by atoms with Gasteiger partial charge < -0.3 is 15.2 Å². The molecule has 1 aliphatic carbocycles. The Morgan fingerprint density at radius 3 is 2.75 bits per heavy atom. The van der Waals surface area contributed by atoms with Gasteiger partial charge in [-0.15, -0.1) is 0 Å². The van der Waals surface area contributed by atoms with Gasteiger partial charge in [0.25, 0.3) is 0 Å². The molecule has 1 saturated carbocycles. The van der Waals surface area contributed by atoms with Crippen LogP contribution < -0.4 is 10.1 Å². The van der Waals surface area contributed by atoms with E-state index < -0.39 is 0 Å². The zero-order chi connectivity index (χ0) is 14.5. The molecule has 0 saturated heterocycles. The number of aliphatic hydroxyl groups is 1. The Bertz CT molecular complexity index is 425. The number of aliphatic hydroxyl groups excluding tert-OH is 1. The first kappa shape index (κ1) is 15.3. The molecular weight excluding hydrogens is 254 g/mol. The highest BCUT2D eigenvalue weighted by molar-refractivity contribution is 5.31. The minimum atomic E-state index is -0.231. The molecule has 0 aliphatic heterocycles. The number of hydrogen-bond acceptors (Lipinski definition) is 4. The molecule has 20 heavy (non-hydrogen) atoms. The van der Waals surface area contributed by atoms with E-state index in [1.807, 2.05) is 7.05 Å². The number of ether oxygens (including phenoxy) is 1. The average Bonchev–Trinajstić information content (AvgIpc) is 3.06. The maximum absolute atomic E-state index is 10.2. The molecule has 114 valence electrons. The fraction of sp³-hybridized carbons (Fsp3) is 0.800. The summed E-state index contributed by atoms with van der Waals surface area (Å²) in [5.74, 6) is 1.29. The van der Waals surface area contributed by atoms with Crippen LogP contribution in [0.2, 0.25) is 0 Å². The SMILES string of the molecule is CCc1nn(C)c(OC)c1CNCC(O)C1CCCC1. The van der Waals surface area contributed by atoms with Crippen molar-refractivity contribution in [3.8, 4) is 5.88 Å². The highest BCUT2D eigenvalue weighted by atomic mass is 16.5. The second-order valence-corrected chi connectivity index (χ2v) is 5.65. The van der Waals surface area contributed by atoms with E-state index in [1.165, 1.54) is 25.7 Å². The second-order valence-electron chi connectivity index (χ2n) is 5.65. The van der Waals surface area contributed by atoms with Gasteiger partial charge in [0, 0.05) is 20.1 Å². The lowest BCUT2D eigenvalue weighted by atomic mass is 10.0. The van der Waals surface area contributed by atoms with Crippen molar-refractivity contribution >= 4 is 0 Å². The van der Waals surface area contributed by atoms with Gasteiger partial charge in [0.1, 0.15) is 0 Å². The minimum Gasteiger partial charge on any atom is -0.481 e. The molecule has 1 unspecified atom stereocenters. The summed E-state index contributed by atoms with van der Waals surface area (Å²) in [6.45, 7) is 3.44. The Balaban J connectivity index is 1.89. The van der Waals surface area contributed by atoms with Crippen molar-refractivity contribution in [2.45, 2.75) is 51.7 Å². The summed E-state index contributed by atoms with van der Waals surface area (Å²) in [6.07, 6.45) is 5.51. The zero-order valence-electron chi connectivity index (χ0n) is 12.9. The van der Waals surface area contributed by atoms with E-state index in [9.17, 15) is 5.11 Å². The summed E-state index contributed by atoms with van der Waals surface area (Å²) in [5, 5.41) is 18.0. The highest BCUT2D eigenvalue weighted by Gasteiger charge is 2.23. The van der Waals surface area contributed by atoms with Crippen LogP contribution in [0.25, 0.3) is 0 Å². The Morgan fingerprint density at radius 2 is 2.15 bits per heavy atom. The number of aryl methyl sites for hydroxylation is 2. The third-order valence-corrected chi connectivity index (χ3v) is 4.30. The lowest BCUT2D eigenvalue weighted by Gasteiger charge is -2.18. The van der Waals surface area contributed by atoms with Crippen molar-refractivity contribution in [2.24, 2.45) is 13.0 Å². The van der Waals surface area contributed by atoms with Gasteiger partial charge in [-0.05, 0) is 25.2 Å². The summed E-state index contributed by atoms with van der Waals surface area (Å²) in [5.41, 5.74) is 2.17. The number of nitrogens with zero attached hydrogens (tertiary/aromatic N) is 2. The molecule has 1 aromatic rings. The number of nitrogens with one attached hydrogen (secondary N) is 1. The van der Waals surface area contributed by atoms with E-state index in [-0.39, 0.29) is 6.10 Å². The van der Waals surface area contributed by atoms with Gasteiger partial charge in [-0.1, -0.05) is 19.8 Å². The molecule has 5 nitrogen and oxygen atoms in total. The van der Waals surface area contributed by atoms with Crippen molar-refractivity contribution in [3.63, 3.8) is 0 Å². The van der Waals surface area contributed by atoms with Crippen molar-refractivity contribution in [2.75, 3.05) is 13.7 Å². The van der Waals surface area contributed by atoms with Gasteiger partial charge in [0.2, 0.25) is 5.88 Å². The first-order valence-corrected chi connectivity index (χ1v) is 7.64. The fourth-order valence-corrected chi connectivity index (χ4v) is 3.18. The molecule has 1 aromatic heterocycles. The molecule has 2 N–H and O–H groups in total. The van der Waals surface area contributed by atoms with Gasteiger partial charge >= 0.3 is 0 Å².